The molecule has 3 aromatic carbocycles. The van der Waals surface area contributed by atoms with E-state index in [1.54, 1.807) is 21.3 Å². The van der Waals surface area contributed by atoms with Gasteiger partial charge in [0.2, 0.25) is 0 Å². The van der Waals surface area contributed by atoms with Crippen LogP contribution in [0.3, 0.4) is 0 Å². The first-order valence-corrected chi connectivity index (χ1v) is 14.0. The first-order valence-electron chi connectivity index (χ1n) is 10.1. The van der Waals surface area contributed by atoms with E-state index in [2.05, 4.69) is 42.5 Å². The molecule has 0 aromatic heterocycles. The lowest BCUT2D eigenvalue weighted by Crippen LogP contribution is -1.97. The van der Waals surface area contributed by atoms with E-state index < -0.39 is 0 Å². The Labute approximate surface area is 198 Å². The fourth-order valence-corrected chi connectivity index (χ4v) is 10.7. The van der Waals surface area contributed by atoms with Gasteiger partial charge in [-0.1, -0.05) is 66.5 Å². The molecule has 0 amide bonds. The molecule has 3 aromatic rings. The standard InChI is InChI=1S/C26H22O3S3/c1-27-20-10-4-17(5-11-20)23-16-24-25(18-6-12-21(28-2)13-7-18)26(31-32(24)30-23)19-8-14-22(29-3)15-9-19/h4-16H,1-3H3. The maximum absolute atomic E-state index is 5.38. The molecule has 2 aliphatic rings. The van der Waals surface area contributed by atoms with Gasteiger partial charge in [-0.05, 0) is 59.2 Å². The highest BCUT2D eigenvalue weighted by atomic mass is 33.5. The molecule has 0 bridgehead atoms. The highest BCUT2D eigenvalue weighted by molar-refractivity contribution is 9.19. The maximum Gasteiger partial charge on any atom is 0.118 e. The molecule has 0 saturated heterocycles. The van der Waals surface area contributed by atoms with Crippen molar-refractivity contribution in [1.29, 1.82) is 0 Å². The van der Waals surface area contributed by atoms with Gasteiger partial charge in [0.15, 0.2) is 0 Å². The van der Waals surface area contributed by atoms with Gasteiger partial charge in [0, 0.05) is 20.2 Å². The molecule has 0 fully saturated rings. The van der Waals surface area contributed by atoms with Crippen molar-refractivity contribution in [3.8, 4) is 17.2 Å². The molecular weight excluding hydrogens is 456 g/mol. The molecule has 0 N–H and O–H groups in total. The minimum Gasteiger partial charge on any atom is -0.497 e. The fourth-order valence-electron chi connectivity index (χ4n) is 3.62. The molecule has 0 spiro atoms. The second-order valence-electron chi connectivity index (χ2n) is 7.16. The van der Waals surface area contributed by atoms with Gasteiger partial charge in [0.25, 0.3) is 0 Å². The van der Waals surface area contributed by atoms with E-state index in [1.165, 1.54) is 36.9 Å². The van der Waals surface area contributed by atoms with E-state index in [1.807, 2.05) is 58.0 Å². The van der Waals surface area contributed by atoms with Crippen LogP contribution in [-0.4, -0.2) is 26.2 Å². The first kappa shape index (κ1) is 21.3. The number of ether oxygens (including phenoxy) is 3. The van der Waals surface area contributed by atoms with Crippen molar-refractivity contribution in [2.75, 3.05) is 21.3 Å². The molecule has 2 aliphatic heterocycles. The summed E-state index contributed by atoms with van der Waals surface area (Å²) in [5.74, 6) is 2.61. The predicted octanol–water partition coefficient (Wildman–Crippen LogP) is 7.39. The van der Waals surface area contributed by atoms with Crippen LogP contribution < -0.4 is 14.2 Å². The normalized spacial score (nSPS) is 17.3. The van der Waals surface area contributed by atoms with Gasteiger partial charge in [0.05, 0.1) is 21.3 Å². The number of hydrogen-bond acceptors (Lipinski definition) is 5. The monoisotopic (exact) mass is 478 g/mol. The minimum absolute atomic E-state index is 0.00857. The van der Waals surface area contributed by atoms with E-state index in [-0.39, 0.29) is 8.55 Å². The highest BCUT2D eigenvalue weighted by Crippen LogP contribution is 2.66. The third-order valence-corrected chi connectivity index (χ3v) is 11.7. The smallest absolute Gasteiger partial charge is 0.118 e. The van der Waals surface area contributed by atoms with E-state index in [0.717, 1.165) is 17.2 Å². The average Bonchev–Trinajstić information content (AvgIpc) is 3.42. The van der Waals surface area contributed by atoms with Crippen LogP contribution in [0.2, 0.25) is 0 Å². The lowest BCUT2D eigenvalue weighted by molar-refractivity contribution is 0.414. The molecule has 5 rings (SSSR count). The molecule has 1 unspecified atom stereocenters. The second kappa shape index (κ2) is 9.14. The van der Waals surface area contributed by atoms with Crippen LogP contribution in [0.4, 0.5) is 0 Å². The minimum atomic E-state index is 0.00857. The molecule has 2 heterocycles. The molecule has 0 radical (unpaired) electrons. The lowest BCUT2D eigenvalue weighted by Gasteiger charge is -2.12. The Hall–Kier alpha value is -2.54. The topological polar surface area (TPSA) is 27.7 Å². The molecule has 6 heteroatoms. The Kier molecular flexibility index (Phi) is 6.09. The molecule has 1 atom stereocenters. The quantitative estimate of drug-likeness (QED) is 0.272. The van der Waals surface area contributed by atoms with E-state index in [9.17, 15) is 0 Å². The fraction of sp³-hybridized carbons (Fsp3) is 0.115. The zero-order chi connectivity index (χ0) is 22.1. The number of hydrogen-bond donors (Lipinski definition) is 0. The summed E-state index contributed by atoms with van der Waals surface area (Å²) in [5, 5.41) is 0. The van der Waals surface area contributed by atoms with Crippen molar-refractivity contribution in [2.45, 2.75) is 0 Å². The van der Waals surface area contributed by atoms with E-state index in [4.69, 9.17) is 14.2 Å². The van der Waals surface area contributed by atoms with Crippen LogP contribution in [0.1, 0.15) is 16.7 Å². The summed E-state index contributed by atoms with van der Waals surface area (Å²) in [6, 6.07) is 25.0. The molecule has 162 valence electrons. The zero-order valence-electron chi connectivity index (χ0n) is 18.0. The predicted molar refractivity (Wildman–Crippen MR) is 142 cm³/mol. The summed E-state index contributed by atoms with van der Waals surface area (Å²) < 4.78 is 16.1. The highest BCUT2D eigenvalue weighted by Gasteiger charge is 2.31. The Morgan fingerprint density at radius 3 is 1.53 bits per heavy atom. The van der Waals surface area contributed by atoms with Crippen LogP contribution in [0.25, 0.3) is 15.4 Å². The van der Waals surface area contributed by atoms with Crippen molar-refractivity contribution in [2.24, 2.45) is 0 Å². The summed E-state index contributed by atoms with van der Waals surface area (Å²) >= 11 is 0. The van der Waals surface area contributed by atoms with Crippen molar-refractivity contribution in [3.63, 3.8) is 0 Å². The summed E-state index contributed by atoms with van der Waals surface area (Å²) in [4.78, 5) is 4.01. The van der Waals surface area contributed by atoms with Gasteiger partial charge in [0.1, 0.15) is 17.2 Å². The number of benzene rings is 3. The van der Waals surface area contributed by atoms with E-state index in [0.29, 0.717) is 0 Å². The van der Waals surface area contributed by atoms with Gasteiger partial charge in [-0.2, -0.15) is 0 Å². The van der Waals surface area contributed by atoms with Crippen LogP contribution in [-0.2, 0) is 0 Å². The molecule has 0 aliphatic carbocycles. The zero-order valence-corrected chi connectivity index (χ0v) is 20.4. The van der Waals surface area contributed by atoms with Crippen LogP contribution in [0, 0.1) is 0 Å². The Morgan fingerprint density at radius 1 is 0.562 bits per heavy atom. The van der Waals surface area contributed by atoms with Gasteiger partial charge >= 0.3 is 0 Å². The van der Waals surface area contributed by atoms with Gasteiger partial charge in [-0.15, -0.1) is 0 Å². The number of allylic oxidation sites excluding steroid dienone is 2. The molecule has 32 heavy (non-hydrogen) atoms. The second-order valence-corrected chi connectivity index (χ2v) is 12.9. The summed E-state index contributed by atoms with van der Waals surface area (Å²) in [7, 11) is 9.00. The third kappa shape index (κ3) is 3.98. The van der Waals surface area contributed by atoms with Crippen molar-refractivity contribution in [3.05, 3.63) is 95.6 Å². The SMILES string of the molecule is COc1ccc(C2=CC3=S(S2)SC(c2ccc(OC)cc2)=C3c2ccc(OC)cc2)cc1. The van der Waals surface area contributed by atoms with Crippen molar-refractivity contribution < 1.29 is 14.2 Å². The van der Waals surface area contributed by atoms with E-state index >= 15 is 0 Å². The van der Waals surface area contributed by atoms with Gasteiger partial charge in [-0.3, -0.25) is 0 Å². The Bertz CT molecular complexity index is 1240. The van der Waals surface area contributed by atoms with Crippen molar-refractivity contribution in [1.82, 2.24) is 0 Å². The Balaban J connectivity index is 1.57. The third-order valence-electron chi connectivity index (χ3n) is 5.35. The average molecular weight is 479 g/mol. The van der Waals surface area contributed by atoms with Gasteiger partial charge in [-0.25, -0.2) is 0 Å². The first-order chi connectivity index (χ1) is 15.7. The van der Waals surface area contributed by atoms with Crippen LogP contribution >= 0.6 is 30.1 Å². The summed E-state index contributed by atoms with van der Waals surface area (Å²) in [6.45, 7) is 0. The maximum atomic E-state index is 5.38. The lowest BCUT2D eigenvalue weighted by atomic mass is 9.98. The number of rotatable bonds is 6. The molecule has 3 nitrogen and oxygen atoms in total. The van der Waals surface area contributed by atoms with Crippen LogP contribution in [0.15, 0.2) is 78.9 Å². The largest absolute Gasteiger partial charge is 0.497 e. The molecular formula is C26H22O3S3. The van der Waals surface area contributed by atoms with Crippen LogP contribution in [0.5, 0.6) is 17.2 Å². The molecule has 0 saturated carbocycles. The summed E-state index contributed by atoms with van der Waals surface area (Å²) in [5.41, 5.74) is 4.96. The number of methoxy groups -OCH3 is 3. The Morgan fingerprint density at radius 2 is 1.03 bits per heavy atom. The summed E-state index contributed by atoms with van der Waals surface area (Å²) in [6.07, 6.45) is 2.36. The van der Waals surface area contributed by atoms with Gasteiger partial charge < -0.3 is 14.2 Å². The van der Waals surface area contributed by atoms with Crippen molar-refractivity contribution >= 4 is 50.4 Å².